The molecule has 0 amide bonds. The fourth-order valence-corrected chi connectivity index (χ4v) is 4.89. The highest BCUT2D eigenvalue weighted by molar-refractivity contribution is 5.83. The van der Waals surface area contributed by atoms with Crippen molar-refractivity contribution in [2.75, 3.05) is 13.2 Å². The van der Waals surface area contributed by atoms with E-state index < -0.39 is 5.97 Å². The summed E-state index contributed by atoms with van der Waals surface area (Å²) >= 11 is 0. The van der Waals surface area contributed by atoms with Crippen LogP contribution in [0.4, 0.5) is 4.39 Å². The third-order valence-electron chi connectivity index (χ3n) is 6.55. The lowest BCUT2D eigenvalue weighted by Gasteiger charge is -2.28. The van der Waals surface area contributed by atoms with Crippen molar-refractivity contribution >= 4 is 5.97 Å². The van der Waals surface area contributed by atoms with E-state index in [9.17, 15) is 4.79 Å². The van der Waals surface area contributed by atoms with Gasteiger partial charge in [0.2, 0.25) is 0 Å². The Morgan fingerprint density at radius 2 is 1.79 bits per heavy atom. The van der Waals surface area contributed by atoms with Crippen LogP contribution in [-0.2, 0) is 16.1 Å². The molecule has 1 aliphatic rings. The van der Waals surface area contributed by atoms with Gasteiger partial charge in [-0.15, -0.1) is 0 Å². The second kappa shape index (κ2) is 10.3. The summed E-state index contributed by atoms with van der Waals surface area (Å²) in [5.41, 5.74) is 5.22. The minimum atomic E-state index is -0.928. The lowest BCUT2D eigenvalue weighted by molar-refractivity contribution is -0.142. The van der Waals surface area contributed by atoms with Crippen LogP contribution in [0.15, 0.2) is 48.5 Å². The quantitative estimate of drug-likeness (QED) is 0.465. The summed E-state index contributed by atoms with van der Waals surface area (Å²) in [6.45, 7) is 4.88. The molecule has 0 saturated heterocycles. The van der Waals surface area contributed by atoms with E-state index in [1.54, 1.807) is 6.07 Å². The third-order valence-corrected chi connectivity index (χ3v) is 6.55. The van der Waals surface area contributed by atoms with Gasteiger partial charge in [-0.25, -0.2) is 9.18 Å². The van der Waals surface area contributed by atoms with Crippen LogP contribution in [-0.4, -0.2) is 34.1 Å². The van der Waals surface area contributed by atoms with E-state index in [0.29, 0.717) is 24.0 Å². The van der Waals surface area contributed by atoms with Crippen LogP contribution in [0.5, 0.6) is 0 Å². The number of carbonyl (C=O) groups is 1. The predicted octanol–water partition coefficient (Wildman–Crippen LogP) is 5.88. The minimum Gasteiger partial charge on any atom is -0.480 e. The highest BCUT2D eigenvalue weighted by atomic mass is 19.1. The first-order chi connectivity index (χ1) is 15.9. The van der Waals surface area contributed by atoms with E-state index in [1.165, 1.54) is 0 Å². The minimum absolute atomic E-state index is 0.229. The average molecular weight is 451 g/mol. The Bertz CT molecular complexity index is 1100. The van der Waals surface area contributed by atoms with Gasteiger partial charge in [-0.1, -0.05) is 36.4 Å². The monoisotopic (exact) mass is 450 g/mol. The summed E-state index contributed by atoms with van der Waals surface area (Å²) in [5.74, 6) is -0.319. The van der Waals surface area contributed by atoms with Gasteiger partial charge in [0, 0.05) is 17.7 Å². The van der Waals surface area contributed by atoms with Crippen LogP contribution in [0.25, 0.3) is 22.4 Å². The summed E-state index contributed by atoms with van der Waals surface area (Å²) in [4.78, 5) is 10.7. The molecule has 0 atom stereocenters. The van der Waals surface area contributed by atoms with E-state index in [-0.39, 0.29) is 12.4 Å². The van der Waals surface area contributed by atoms with Crippen molar-refractivity contribution in [3.05, 3.63) is 65.6 Å². The van der Waals surface area contributed by atoms with E-state index in [0.717, 1.165) is 60.3 Å². The molecule has 33 heavy (non-hydrogen) atoms. The van der Waals surface area contributed by atoms with E-state index >= 15 is 4.39 Å². The maximum atomic E-state index is 15.1. The van der Waals surface area contributed by atoms with Gasteiger partial charge in [0.25, 0.3) is 0 Å². The number of benzene rings is 2. The standard InChI is InChI=1S/C27H31FN2O3/c1-18-8-13-23(24(28)14-18)27-26(22-6-4-3-5-7-22)19(2)29-30(27)15-20-9-11-21(12-10-20)16-33-17-25(31)32/h3-8,13-14,20-21H,9-12,15-17H2,1-2H3,(H,31,32). The van der Waals surface area contributed by atoms with Crippen molar-refractivity contribution in [1.29, 1.82) is 0 Å². The highest BCUT2D eigenvalue weighted by Gasteiger charge is 2.26. The number of aliphatic carboxylic acids is 1. The number of carboxylic acid groups (broad SMARTS) is 1. The third kappa shape index (κ3) is 5.50. The fourth-order valence-electron chi connectivity index (χ4n) is 4.89. The Kier molecular flexibility index (Phi) is 7.23. The average Bonchev–Trinajstić information content (AvgIpc) is 3.10. The van der Waals surface area contributed by atoms with Crippen molar-refractivity contribution < 1.29 is 19.0 Å². The molecule has 1 aliphatic carbocycles. The van der Waals surface area contributed by atoms with E-state index in [2.05, 4.69) is 0 Å². The summed E-state index contributed by atoms with van der Waals surface area (Å²) in [7, 11) is 0. The number of carboxylic acids is 1. The molecule has 6 heteroatoms. The summed E-state index contributed by atoms with van der Waals surface area (Å²) < 4.78 is 22.4. The summed E-state index contributed by atoms with van der Waals surface area (Å²) in [6.07, 6.45) is 4.06. The molecule has 3 aromatic rings. The van der Waals surface area contributed by atoms with Crippen molar-refractivity contribution in [2.24, 2.45) is 11.8 Å². The molecule has 1 heterocycles. The van der Waals surface area contributed by atoms with Crippen molar-refractivity contribution in [2.45, 2.75) is 46.1 Å². The lowest BCUT2D eigenvalue weighted by atomic mass is 9.82. The molecular formula is C27H31FN2O3. The summed E-state index contributed by atoms with van der Waals surface area (Å²) in [6, 6.07) is 15.5. The number of nitrogens with zero attached hydrogens (tertiary/aromatic N) is 2. The number of hydrogen-bond acceptors (Lipinski definition) is 3. The SMILES string of the molecule is Cc1ccc(-c2c(-c3ccccc3)c(C)nn2CC2CCC(COCC(=O)O)CC2)c(F)c1. The van der Waals surface area contributed by atoms with E-state index in [1.807, 2.05) is 61.0 Å². The topological polar surface area (TPSA) is 64.4 Å². The summed E-state index contributed by atoms with van der Waals surface area (Å²) in [5, 5.41) is 13.6. The molecule has 4 rings (SSSR count). The molecule has 0 unspecified atom stereocenters. The molecule has 0 spiro atoms. The van der Waals surface area contributed by atoms with Gasteiger partial charge in [0.05, 0.1) is 18.0 Å². The molecule has 174 valence electrons. The van der Waals surface area contributed by atoms with Crippen LogP contribution in [0.3, 0.4) is 0 Å². The zero-order valence-corrected chi connectivity index (χ0v) is 19.3. The number of hydrogen-bond donors (Lipinski definition) is 1. The largest absolute Gasteiger partial charge is 0.480 e. The number of rotatable bonds is 8. The molecule has 0 radical (unpaired) electrons. The zero-order valence-electron chi connectivity index (χ0n) is 19.3. The number of aromatic nitrogens is 2. The number of aryl methyl sites for hydroxylation is 2. The van der Waals surface area contributed by atoms with E-state index in [4.69, 9.17) is 14.9 Å². The Balaban J connectivity index is 1.58. The molecular weight excluding hydrogens is 419 g/mol. The second-order valence-corrected chi connectivity index (χ2v) is 9.14. The Hall–Kier alpha value is -2.99. The predicted molar refractivity (Wildman–Crippen MR) is 126 cm³/mol. The van der Waals surface area contributed by atoms with Gasteiger partial charge in [-0.3, -0.25) is 4.68 Å². The van der Waals surface area contributed by atoms with Crippen LogP contribution >= 0.6 is 0 Å². The number of halogens is 1. The molecule has 2 aromatic carbocycles. The van der Waals surface area contributed by atoms with Crippen LogP contribution in [0.2, 0.25) is 0 Å². The first-order valence-corrected chi connectivity index (χ1v) is 11.6. The Morgan fingerprint density at radius 3 is 2.45 bits per heavy atom. The molecule has 1 N–H and O–H groups in total. The van der Waals surface area contributed by atoms with Crippen molar-refractivity contribution in [3.8, 4) is 22.4 Å². The molecule has 0 aliphatic heterocycles. The first-order valence-electron chi connectivity index (χ1n) is 11.6. The van der Waals surface area contributed by atoms with Crippen LogP contribution in [0.1, 0.15) is 36.9 Å². The smallest absolute Gasteiger partial charge is 0.329 e. The highest BCUT2D eigenvalue weighted by Crippen LogP contribution is 2.38. The van der Waals surface area contributed by atoms with Crippen molar-refractivity contribution in [3.63, 3.8) is 0 Å². The normalized spacial score (nSPS) is 18.4. The molecule has 0 bridgehead atoms. The fraction of sp³-hybridized carbons (Fsp3) is 0.407. The Morgan fingerprint density at radius 1 is 1.09 bits per heavy atom. The number of ether oxygens (including phenoxy) is 1. The first kappa shape index (κ1) is 23.2. The maximum Gasteiger partial charge on any atom is 0.329 e. The van der Waals surface area contributed by atoms with Gasteiger partial charge in [0.15, 0.2) is 0 Å². The lowest BCUT2D eigenvalue weighted by Crippen LogP contribution is -2.23. The Labute approximate surface area is 194 Å². The van der Waals surface area contributed by atoms with Crippen LogP contribution < -0.4 is 0 Å². The molecule has 1 fully saturated rings. The second-order valence-electron chi connectivity index (χ2n) is 9.14. The maximum absolute atomic E-state index is 15.1. The van der Waals surface area contributed by atoms with Gasteiger partial charge in [-0.05, 0) is 74.6 Å². The van der Waals surface area contributed by atoms with Gasteiger partial charge < -0.3 is 9.84 Å². The zero-order chi connectivity index (χ0) is 23.4. The van der Waals surface area contributed by atoms with Gasteiger partial charge in [-0.2, -0.15) is 5.10 Å². The van der Waals surface area contributed by atoms with Crippen LogP contribution in [0, 0.1) is 31.5 Å². The molecule has 1 saturated carbocycles. The molecule has 1 aromatic heterocycles. The van der Waals surface area contributed by atoms with Crippen molar-refractivity contribution in [1.82, 2.24) is 9.78 Å². The molecule has 5 nitrogen and oxygen atoms in total. The van der Waals surface area contributed by atoms with Gasteiger partial charge in [0.1, 0.15) is 12.4 Å². The van der Waals surface area contributed by atoms with Gasteiger partial charge >= 0.3 is 5.97 Å².